The molecule has 1 aromatic heterocycles. The third-order valence-corrected chi connectivity index (χ3v) is 7.09. The van der Waals surface area contributed by atoms with Crippen LogP contribution in [-0.2, 0) is 10.3 Å². The Kier molecular flexibility index (Phi) is 4.70. The van der Waals surface area contributed by atoms with Gasteiger partial charge in [0.05, 0.1) is 16.3 Å². The van der Waals surface area contributed by atoms with Crippen LogP contribution in [0.25, 0.3) is 10.8 Å². The fraction of sp³-hybridized carbons (Fsp3) is 0.0345. The molecule has 5 aromatic rings. The van der Waals surface area contributed by atoms with Crippen LogP contribution >= 0.6 is 0 Å². The summed E-state index contributed by atoms with van der Waals surface area (Å²) in [5.41, 5.74) is -0.506. The molecule has 2 aliphatic rings. The molecule has 0 saturated carbocycles. The SMILES string of the molecule is O=C(Nc1ccc2c(c1)C1(OC2=O)c2ccc(O)cc2Oc2cc(O)ccc21)c1ccc2c(=O)[nH][nH]c(=O)c2c1. The maximum Gasteiger partial charge on any atom is 0.340 e. The summed E-state index contributed by atoms with van der Waals surface area (Å²) in [7, 11) is 0. The molecule has 0 aliphatic carbocycles. The lowest BCUT2D eigenvalue weighted by Crippen LogP contribution is -2.33. The van der Waals surface area contributed by atoms with E-state index in [0.29, 0.717) is 22.4 Å². The van der Waals surface area contributed by atoms with Crippen LogP contribution in [0.3, 0.4) is 0 Å². The minimum Gasteiger partial charge on any atom is -0.508 e. The van der Waals surface area contributed by atoms with Crippen LogP contribution in [0.2, 0.25) is 0 Å². The van der Waals surface area contributed by atoms with Gasteiger partial charge in [-0.1, -0.05) is 0 Å². The molecule has 1 spiro atoms. The highest BCUT2D eigenvalue weighted by atomic mass is 16.6. The van der Waals surface area contributed by atoms with Crippen LogP contribution < -0.4 is 21.2 Å². The fourth-order valence-electron chi connectivity index (χ4n) is 5.30. The van der Waals surface area contributed by atoms with Crippen molar-refractivity contribution in [2.75, 3.05) is 5.32 Å². The molecule has 4 aromatic carbocycles. The second kappa shape index (κ2) is 8.08. The van der Waals surface area contributed by atoms with Gasteiger partial charge in [0.15, 0.2) is 5.60 Å². The van der Waals surface area contributed by atoms with Crippen molar-refractivity contribution >= 4 is 28.3 Å². The number of esters is 1. The quantitative estimate of drug-likeness (QED) is 0.214. The maximum absolute atomic E-state index is 13.2. The van der Waals surface area contributed by atoms with E-state index < -0.39 is 28.6 Å². The first-order valence-electron chi connectivity index (χ1n) is 12.0. The number of carbonyl (C=O) groups excluding carboxylic acids is 2. The van der Waals surface area contributed by atoms with Gasteiger partial charge in [-0.3, -0.25) is 24.6 Å². The minimum atomic E-state index is -1.49. The number of aromatic amines is 2. The van der Waals surface area contributed by atoms with Crippen molar-refractivity contribution in [2.45, 2.75) is 5.60 Å². The smallest absolute Gasteiger partial charge is 0.340 e. The van der Waals surface area contributed by atoms with Gasteiger partial charge in [-0.25, -0.2) is 4.79 Å². The first-order valence-corrected chi connectivity index (χ1v) is 12.0. The van der Waals surface area contributed by atoms with E-state index in [1.807, 2.05) is 0 Å². The average Bonchev–Trinajstić information content (AvgIpc) is 3.22. The van der Waals surface area contributed by atoms with Crippen LogP contribution in [0.4, 0.5) is 5.69 Å². The Labute approximate surface area is 223 Å². The molecule has 0 unspecified atom stereocenters. The molecule has 0 fully saturated rings. The number of amides is 1. The van der Waals surface area contributed by atoms with Crippen molar-refractivity contribution in [3.8, 4) is 23.0 Å². The Bertz CT molecular complexity index is 2010. The molecule has 1 amide bonds. The zero-order chi connectivity index (χ0) is 27.8. The summed E-state index contributed by atoms with van der Waals surface area (Å²) in [5.74, 6) is -0.845. The predicted octanol–water partition coefficient (Wildman–Crippen LogP) is 3.45. The third-order valence-electron chi connectivity index (χ3n) is 7.09. The molecule has 196 valence electrons. The summed E-state index contributed by atoms with van der Waals surface area (Å²) >= 11 is 0. The van der Waals surface area contributed by atoms with Crippen molar-refractivity contribution in [1.82, 2.24) is 10.2 Å². The number of nitrogens with one attached hydrogen (secondary N) is 3. The van der Waals surface area contributed by atoms with Crippen LogP contribution in [-0.4, -0.2) is 32.3 Å². The maximum atomic E-state index is 13.2. The number of aromatic hydroxyl groups is 2. The standard InChI is InChI=1S/C29H17N3O8/c33-15-3-7-20-23(11-15)39-24-12-16(34)4-8-21(24)29(20)22-10-14(2-6-18(22)28(38)40-29)30-25(35)13-1-5-17-19(9-13)27(37)32-31-26(17)36/h1-12,33-34H,(H,30,35)(H,31,36)(H,32,37). The first kappa shape index (κ1) is 23.3. The van der Waals surface area contributed by atoms with E-state index in [9.17, 15) is 29.4 Å². The Morgan fingerprint density at radius 1 is 0.725 bits per heavy atom. The summed E-state index contributed by atoms with van der Waals surface area (Å²) in [6.07, 6.45) is 0. The van der Waals surface area contributed by atoms with Crippen LogP contribution in [0.5, 0.6) is 23.0 Å². The number of carbonyl (C=O) groups is 2. The number of rotatable bonds is 2. The lowest BCUT2D eigenvalue weighted by molar-refractivity contribution is 0.0224. The van der Waals surface area contributed by atoms with E-state index in [1.54, 1.807) is 24.3 Å². The zero-order valence-corrected chi connectivity index (χ0v) is 20.3. The summed E-state index contributed by atoms with van der Waals surface area (Å²) in [6, 6.07) is 17.7. The van der Waals surface area contributed by atoms with Crippen molar-refractivity contribution < 1.29 is 29.3 Å². The van der Waals surface area contributed by atoms with Gasteiger partial charge < -0.3 is 25.0 Å². The molecule has 7 rings (SSSR count). The monoisotopic (exact) mass is 535 g/mol. The molecule has 2 aliphatic heterocycles. The highest BCUT2D eigenvalue weighted by Gasteiger charge is 2.53. The number of hydrogen-bond acceptors (Lipinski definition) is 8. The number of ether oxygens (including phenoxy) is 2. The largest absolute Gasteiger partial charge is 0.508 e. The lowest BCUT2D eigenvalue weighted by Gasteiger charge is -2.36. The van der Waals surface area contributed by atoms with Gasteiger partial charge in [-0.05, 0) is 60.7 Å². The number of phenolic OH excluding ortho intramolecular Hbond substituents is 2. The third kappa shape index (κ3) is 3.24. The van der Waals surface area contributed by atoms with Crippen LogP contribution in [0, 0.1) is 0 Å². The second-order valence-electron chi connectivity index (χ2n) is 9.42. The summed E-state index contributed by atoms with van der Waals surface area (Å²) < 4.78 is 12.0. The molecule has 5 N–H and O–H groups in total. The molecule has 11 nitrogen and oxygen atoms in total. The van der Waals surface area contributed by atoms with E-state index in [4.69, 9.17) is 9.47 Å². The number of H-pyrrole nitrogens is 2. The number of fused-ring (bicyclic) bond motifs is 7. The van der Waals surface area contributed by atoms with Gasteiger partial charge in [-0.2, -0.15) is 0 Å². The summed E-state index contributed by atoms with van der Waals surface area (Å²) in [6.45, 7) is 0. The van der Waals surface area contributed by atoms with E-state index in [0.717, 1.165) is 0 Å². The number of aromatic nitrogens is 2. The number of hydrogen-bond donors (Lipinski definition) is 5. The fourth-order valence-corrected chi connectivity index (χ4v) is 5.30. The Morgan fingerprint density at radius 2 is 1.38 bits per heavy atom. The molecule has 11 heteroatoms. The van der Waals surface area contributed by atoms with E-state index in [2.05, 4.69) is 15.5 Å². The van der Waals surface area contributed by atoms with Crippen molar-refractivity contribution in [1.29, 1.82) is 0 Å². The summed E-state index contributed by atoms with van der Waals surface area (Å²) in [5, 5.41) is 27.6. The van der Waals surface area contributed by atoms with Gasteiger partial charge >= 0.3 is 5.97 Å². The molecule has 0 radical (unpaired) electrons. The number of benzene rings is 4. The number of anilines is 1. The summed E-state index contributed by atoms with van der Waals surface area (Å²) in [4.78, 5) is 50.5. The molecule has 0 bridgehead atoms. The van der Waals surface area contributed by atoms with E-state index in [-0.39, 0.29) is 44.9 Å². The molecular weight excluding hydrogens is 518 g/mol. The van der Waals surface area contributed by atoms with Gasteiger partial charge in [0.1, 0.15) is 23.0 Å². The van der Waals surface area contributed by atoms with Gasteiger partial charge in [0.2, 0.25) is 0 Å². The second-order valence-corrected chi connectivity index (χ2v) is 9.42. The zero-order valence-electron chi connectivity index (χ0n) is 20.3. The highest BCUT2D eigenvalue weighted by molar-refractivity contribution is 6.07. The molecule has 0 atom stereocenters. The minimum absolute atomic E-state index is 0.0604. The van der Waals surface area contributed by atoms with Crippen molar-refractivity contribution in [3.63, 3.8) is 0 Å². The normalized spacial score (nSPS) is 14.2. The molecular formula is C29H17N3O8. The Balaban J connectivity index is 1.35. The van der Waals surface area contributed by atoms with Crippen LogP contribution in [0.15, 0.2) is 82.4 Å². The topological polar surface area (TPSA) is 171 Å². The van der Waals surface area contributed by atoms with Gasteiger partial charge in [0.25, 0.3) is 17.0 Å². The Morgan fingerprint density at radius 3 is 2.05 bits per heavy atom. The van der Waals surface area contributed by atoms with E-state index >= 15 is 0 Å². The van der Waals surface area contributed by atoms with Crippen molar-refractivity contribution in [3.05, 3.63) is 121 Å². The molecule has 40 heavy (non-hydrogen) atoms. The highest BCUT2D eigenvalue weighted by Crippen LogP contribution is 2.57. The predicted molar refractivity (Wildman–Crippen MR) is 141 cm³/mol. The molecule has 3 heterocycles. The van der Waals surface area contributed by atoms with Gasteiger partial charge in [-0.15, -0.1) is 0 Å². The number of phenols is 2. The van der Waals surface area contributed by atoms with Gasteiger partial charge in [0, 0.05) is 40.1 Å². The first-order chi connectivity index (χ1) is 19.2. The average molecular weight is 535 g/mol. The Hall–Kier alpha value is -5.84. The van der Waals surface area contributed by atoms with E-state index in [1.165, 1.54) is 48.5 Å². The van der Waals surface area contributed by atoms with Crippen LogP contribution in [0.1, 0.15) is 37.4 Å². The van der Waals surface area contributed by atoms with Crippen molar-refractivity contribution in [2.24, 2.45) is 0 Å². The lowest BCUT2D eigenvalue weighted by atomic mass is 9.77. The molecule has 0 saturated heterocycles.